The van der Waals surface area contributed by atoms with E-state index in [4.69, 9.17) is 0 Å². The topological polar surface area (TPSA) is 60.1 Å². The maximum absolute atomic E-state index is 13.8. The van der Waals surface area contributed by atoms with Crippen molar-refractivity contribution in [2.75, 3.05) is 13.1 Å². The highest BCUT2D eigenvalue weighted by atomic mass is 19.1. The number of rotatable bonds is 4. The number of aryl methyl sites for hydroxylation is 3. The molecule has 164 valence electrons. The lowest BCUT2D eigenvalue weighted by atomic mass is 9.98. The zero-order valence-electron chi connectivity index (χ0n) is 18.6. The smallest absolute Gasteiger partial charge is 0.255 e. The van der Waals surface area contributed by atoms with Gasteiger partial charge in [0.05, 0.1) is 11.4 Å². The second-order valence-corrected chi connectivity index (χ2v) is 8.71. The first kappa shape index (κ1) is 21.3. The third-order valence-corrected chi connectivity index (χ3v) is 6.52. The van der Waals surface area contributed by atoms with Gasteiger partial charge < -0.3 is 4.90 Å². The summed E-state index contributed by atoms with van der Waals surface area (Å²) in [6.07, 6.45) is 2.81. The zero-order chi connectivity index (χ0) is 22.3. The van der Waals surface area contributed by atoms with E-state index in [0.717, 1.165) is 42.6 Å². The molecule has 1 fully saturated rings. The first-order valence-electron chi connectivity index (χ1n) is 10.9. The fraction of sp³-hybridized carbons (Fsp3) is 0.458. The van der Waals surface area contributed by atoms with E-state index in [1.165, 1.54) is 12.1 Å². The van der Waals surface area contributed by atoms with Gasteiger partial charge in [0.25, 0.3) is 5.56 Å². The molecule has 0 unspecified atom stereocenters. The van der Waals surface area contributed by atoms with Gasteiger partial charge in [0.15, 0.2) is 0 Å². The number of carbonyl (C=O) groups excluding carboxylic acids is 1. The van der Waals surface area contributed by atoms with Crippen LogP contribution in [0.15, 0.2) is 29.1 Å². The number of hydrogen-bond donors (Lipinski definition) is 0. The van der Waals surface area contributed by atoms with E-state index in [1.54, 1.807) is 28.4 Å². The van der Waals surface area contributed by atoms with Crippen molar-refractivity contribution in [3.63, 3.8) is 0 Å². The molecule has 0 spiro atoms. The van der Waals surface area contributed by atoms with Gasteiger partial charge in [-0.2, -0.15) is 5.10 Å². The predicted molar refractivity (Wildman–Crippen MR) is 119 cm³/mol. The summed E-state index contributed by atoms with van der Waals surface area (Å²) in [6, 6.07) is 6.17. The van der Waals surface area contributed by atoms with Crippen LogP contribution in [0, 0.1) is 25.6 Å². The van der Waals surface area contributed by atoms with E-state index in [1.807, 2.05) is 18.7 Å². The van der Waals surface area contributed by atoms with Crippen LogP contribution in [0.3, 0.4) is 0 Å². The molecule has 3 heterocycles. The Bertz CT molecular complexity index is 1200. The molecule has 0 radical (unpaired) electrons. The highest BCUT2D eigenvalue weighted by molar-refractivity contribution is 5.85. The number of hydrogen-bond acceptors (Lipinski definition) is 3. The molecule has 0 N–H and O–H groups in total. The molecule has 2 aromatic heterocycles. The molecule has 4 rings (SSSR count). The number of carbonyl (C=O) groups is 1. The van der Waals surface area contributed by atoms with Crippen LogP contribution < -0.4 is 5.56 Å². The van der Waals surface area contributed by atoms with Crippen molar-refractivity contribution in [1.82, 2.24) is 19.2 Å². The van der Waals surface area contributed by atoms with Gasteiger partial charge in [-0.25, -0.2) is 9.07 Å². The minimum atomic E-state index is -0.359. The third kappa shape index (κ3) is 3.89. The lowest BCUT2D eigenvalue weighted by Gasteiger charge is -2.30. The van der Waals surface area contributed by atoms with Crippen molar-refractivity contribution in [1.29, 1.82) is 0 Å². The second kappa shape index (κ2) is 8.29. The van der Waals surface area contributed by atoms with Crippen molar-refractivity contribution < 1.29 is 9.18 Å². The molecular formula is C24H29FN4O2. The average molecular weight is 425 g/mol. The number of nitrogens with zero attached hydrogens (tertiary/aromatic N) is 4. The quantitative estimate of drug-likeness (QED) is 0.642. The van der Waals surface area contributed by atoms with Gasteiger partial charge in [0, 0.05) is 37.5 Å². The third-order valence-electron chi connectivity index (χ3n) is 6.52. The van der Waals surface area contributed by atoms with E-state index < -0.39 is 0 Å². The summed E-state index contributed by atoms with van der Waals surface area (Å²) >= 11 is 0. The number of likely N-dealkylation sites (tertiary alicyclic amines) is 1. The number of amides is 1. The molecule has 0 atom stereocenters. The molecule has 0 saturated carbocycles. The Hall–Kier alpha value is -2.96. The van der Waals surface area contributed by atoms with Crippen molar-refractivity contribution in [3.8, 4) is 5.69 Å². The lowest BCUT2D eigenvalue weighted by Crippen LogP contribution is -2.38. The highest BCUT2D eigenvalue weighted by Gasteiger charge is 2.23. The molecule has 1 aliphatic heterocycles. The molecule has 31 heavy (non-hydrogen) atoms. The highest BCUT2D eigenvalue weighted by Crippen LogP contribution is 2.26. The van der Waals surface area contributed by atoms with Crippen LogP contribution in [-0.2, 0) is 18.3 Å². The fourth-order valence-electron chi connectivity index (χ4n) is 4.60. The van der Waals surface area contributed by atoms with Crippen LogP contribution in [0.4, 0.5) is 4.39 Å². The first-order chi connectivity index (χ1) is 14.8. The van der Waals surface area contributed by atoms with Crippen LogP contribution in [0.1, 0.15) is 43.0 Å². The summed E-state index contributed by atoms with van der Waals surface area (Å²) in [5, 5.41) is 5.47. The largest absolute Gasteiger partial charge is 0.343 e. The molecule has 3 aromatic rings. The van der Waals surface area contributed by atoms with Gasteiger partial charge in [0.1, 0.15) is 11.5 Å². The van der Waals surface area contributed by atoms with E-state index >= 15 is 0 Å². The van der Waals surface area contributed by atoms with Crippen LogP contribution in [0.5, 0.6) is 0 Å². The van der Waals surface area contributed by atoms with Crippen LogP contribution >= 0.6 is 0 Å². The normalized spacial score (nSPS) is 15.1. The van der Waals surface area contributed by atoms with Crippen molar-refractivity contribution >= 4 is 16.9 Å². The summed E-state index contributed by atoms with van der Waals surface area (Å²) in [6.45, 7) is 7.62. The van der Waals surface area contributed by atoms with Crippen LogP contribution in [0.2, 0.25) is 0 Å². The second-order valence-electron chi connectivity index (χ2n) is 8.71. The summed E-state index contributed by atoms with van der Waals surface area (Å²) in [4.78, 5) is 27.8. The molecular weight excluding hydrogens is 395 g/mol. The standard InChI is InChI=1S/C24H29FN4O2/c1-15-10-12-28(13-11-15)21(30)9-8-20-16(2)22-17(3)26-29(23(22)27(4)24(20)31)19-7-5-6-18(25)14-19/h5-7,14-15H,8-13H2,1-4H3. The fourth-order valence-corrected chi connectivity index (χ4v) is 4.60. The van der Waals surface area contributed by atoms with E-state index in [0.29, 0.717) is 35.7 Å². The van der Waals surface area contributed by atoms with Crippen molar-refractivity contribution in [3.05, 3.63) is 57.3 Å². The van der Waals surface area contributed by atoms with Crippen LogP contribution in [-0.4, -0.2) is 38.2 Å². The Morgan fingerprint density at radius 1 is 1.23 bits per heavy atom. The maximum atomic E-state index is 13.8. The summed E-state index contributed by atoms with van der Waals surface area (Å²) in [7, 11) is 1.71. The van der Waals surface area contributed by atoms with Crippen molar-refractivity contribution in [2.24, 2.45) is 13.0 Å². The Balaban J connectivity index is 1.69. The summed E-state index contributed by atoms with van der Waals surface area (Å²) in [5.74, 6) is 0.419. The minimum absolute atomic E-state index is 0.112. The maximum Gasteiger partial charge on any atom is 0.255 e. The van der Waals surface area contributed by atoms with Gasteiger partial charge in [-0.3, -0.25) is 14.2 Å². The Morgan fingerprint density at radius 2 is 1.94 bits per heavy atom. The monoisotopic (exact) mass is 424 g/mol. The minimum Gasteiger partial charge on any atom is -0.343 e. The predicted octanol–water partition coefficient (Wildman–Crippen LogP) is 3.67. The molecule has 1 amide bonds. The Morgan fingerprint density at radius 3 is 2.61 bits per heavy atom. The van der Waals surface area contributed by atoms with Gasteiger partial charge >= 0.3 is 0 Å². The lowest BCUT2D eigenvalue weighted by molar-refractivity contribution is -0.132. The number of aromatic nitrogens is 3. The summed E-state index contributed by atoms with van der Waals surface area (Å²) < 4.78 is 17.0. The van der Waals surface area contributed by atoms with Gasteiger partial charge in [-0.15, -0.1) is 0 Å². The number of piperidine rings is 1. The van der Waals surface area contributed by atoms with Gasteiger partial charge in [0.2, 0.25) is 5.91 Å². The molecule has 0 bridgehead atoms. The molecule has 0 aliphatic carbocycles. The number of fused-ring (bicyclic) bond motifs is 1. The number of halogens is 1. The van der Waals surface area contributed by atoms with Crippen LogP contribution in [0.25, 0.3) is 16.7 Å². The average Bonchev–Trinajstić information content (AvgIpc) is 3.10. The van der Waals surface area contributed by atoms with E-state index in [9.17, 15) is 14.0 Å². The van der Waals surface area contributed by atoms with Crippen molar-refractivity contribution in [2.45, 2.75) is 46.5 Å². The molecule has 1 aliphatic rings. The van der Waals surface area contributed by atoms with E-state index in [-0.39, 0.29) is 17.3 Å². The molecule has 1 aromatic carbocycles. The Kier molecular flexibility index (Phi) is 5.69. The first-order valence-corrected chi connectivity index (χ1v) is 10.9. The SMILES string of the molecule is Cc1nn(-c2cccc(F)c2)c2c1c(C)c(CCC(=O)N1CCC(C)CC1)c(=O)n2C. The molecule has 6 nitrogen and oxygen atoms in total. The van der Waals surface area contributed by atoms with E-state index in [2.05, 4.69) is 12.0 Å². The number of pyridine rings is 1. The summed E-state index contributed by atoms with van der Waals surface area (Å²) in [5.41, 5.74) is 3.32. The van der Waals surface area contributed by atoms with Gasteiger partial charge in [-0.05, 0) is 62.8 Å². The molecule has 1 saturated heterocycles. The molecule has 7 heteroatoms. The number of benzene rings is 1. The zero-order valence-corrected chi connectivity index (χ0v) is 18.6. The van der Waals surface area contributed by atoms with Gasteiger partial charge in [-0.1, -0.05) is 13.0 Å². The Labute approximate surface area is 181 Å².